The molecule has 0 aliphatic rings. The van der Waals surface area contributed by atoms with E-state index in [1.54, 1.807) is 0 Å². The molecule has 0 amide bonds. The summed E-state index contributed by atoms with van der Waals surface area (Å²) in [5.41, 5.74) is 7.14. The summed E-state index contributed by atoms with van der Waals surface area (Å²) < 4.78 is 4.09. The van der Waals surface area contributed by atoms with Gasteiger partial charge in [-0.15, -0.1) is 0 Å². The van der Waals surface area contributed by atoms with E-state index in [0.717, 1.165) is 12.8 Å². The number of aromatic nitrogens is 1. The number of aryl methyl sites for hydroxylation is 1. The van der Waals surface area contributed by atoms with E-state index >= 15 is 0 Å². The van der Waals surface area contributed by atoms with Crippen molar-refractivity contribution in [1.82, 2.24) is 4.37 Å². The highest BCUT2D eigenvalue weighted by atomic mass is 32.1. The van der Waals surface area contributed by atoms with E-state index in [-0.39, 0.29) is 6.04 Å². The summed E-state index contributed by atoms with van der Waals surface area (Å²) in [6.45, 7) is 4.22. The zero-order valence-electron chi connectivity index (χ0n) is 7.00. The molecule has 0 fully saturated rings. The lowest BCUT2D eigenvalue weighted by molar-refractivity contribution is 0.637. The van der Waals surface area contributed by atoms with Gasteiger partial charge in [0.2, 0.25) is 0 Å². The van der Waals surface area contributed by atoms with E-state index < -0.39 is 0 Å². The molecule has 0 spiro atoms. The molecule has 1 unspecified atom stereocenters. The monoisotopic (exact) mass is 170 g/mol. The third-order valence-electron chi connectivity index (χ3n) is 1.79. The van der Waals surface area contributed by atoms with Gasteiger partial charge in [-0.05, 0) is 24.9 Å². The standard InChI is InChI=1S/C8H14N2S/c1-3-4-8(9)7-5-10-11-6(7)2/h5,8H,3-4,9H2,1-2H3. The second-order valence-corrected chi connectivity index (χ2v) is 3.74. The molecule has 11 heavy (non-hydrogen) atoms. The highest BCUT2D eigenvalue weighted by Crippen LogP contribution is 2.21. The summed E-state index contributed by atoms with van der Waals surface area (Å²) in [6, 6.07) is 0.193. The normalized spacial score (nSPS) is 13.4. The van der Waals surface area contributed by atoms with Crippen LogP contribution in [0.15, 0.2) is 6.20 Å². The molecule has 1 atom stereocenters. The molecular formula is C8H14N2S. The van der Waals surface area contributed by atoms with E-state index in [1.807, 2.05) is 6.20 Å². The van der Waals surface area contributed by atoms with Gasteiger partial charge in [0.15, 0.2) is 0 Å². The lowest BCUT2D eigenvalue weighted by Crippen LogP contribution is -2.09. The summed E-state index contributed by atoms with van der Waals surface area (Å²) in [7, 11) is 0. The van der Waals surface area contributed by atoms with Crippen LogP contribution in [0.3, 0.4) is 0 Å². The minimum absolute atomic E-state index is 0.193. The first kappa shape index (κ1) is 8.68. The second-order valence-electron chi connectivity index (χ2n) is 2.73. The molecule has 0 saturated carbocycles. The maximum atomic E-state index is 5.92. The Kier molecular flexibility index (Phi) is 3.02. The van der Waals surface area contributed by atoms with Crippen LogP contribution in [0.25, 0.3) is 0 Å². The lowest BCUT2D eigenvalue weighted by Gasteiger charge is -2.07. The van der Waals surface area contributed by atoms with Crippen LogP contribution < -0.4 is 5.73 Å². The van der Waals surface area contributed by atoms with Crippen LogP contribution in [-0.4, -0.2) is 4.37 Å². The zero-order chi connectivity index (χ0) is 8.27. The number of rotatable bonds is 3. The molecule has 1 aromatic rings. The predicted octanol–water partition coefficient (Wildman–Crippen LogP) is 2.25. The Morgan fingerprint density at radius 3 is 2.91 bits per heavy atom. The molecule has 1 heterocycles. The van der Waals surface area contributed by atoms with Crippen molar-refractivity contribution in [2.75, 3.05) is 0 Å². The number of nitrogens with zero attached hydrogens (tertiary/aromatic N) is 1. The fourth-order valence-electron chi connectivity index (χ4n) is 1.13. The van der Waals surface area contributed by atoms with Gasteiger partial charge in [0.05, 0.1) is 0 Å². The van der Waals surface area contributed by atoms with E-state index in [9.17, 15) is 0 Å². The van der Waals surface area contributed by atoms with Gasteiger partial charge in [0, 0.05) is 22.7 Å². The van der Waals surface area contributed by atoms with Gasteiger partial charge in [-0.25, -0.2) is 4.37 Å². The molecule has 62 valence electrons. The molecule has 0 saturated heterocycles. The van der Waals surface area contributed by atoms with Crippen molar-refractivity contribution in [3.63, 3.8) is 0 Å². The first-order valence-electron chi connectivity index (χ1n) is 3.92. The van der Waals surface area contributed by atoms with E-state index in [4.69, 9.17) is 5.73 Å². The molecule has 2 nitrogen and oxygen atoms in total. The Hall–Kier alpha value is -0.410. The van der Waals surface area contributed by atoms with Crippen LogP contribution in [0.2, 0.25) is 0 Å². The fraction of sp³-hybridized carbons (Fsp3) is 0.625. The number of hydrogen-bond donors (Lipinski definition) is 1. The average Bonchev–Trinajstić information content (AvgIpc) is 2.36. The molecule has 0 aliphatic carbocycles. The van der Waals surface area contributed by atoms with Crippen LogP contribution in [0.4, 0.5) is 0 Å². The van der Waals surface area contributed by atoms with Crippen molar-refractivity contribution in [2.24, 2.45) is 5.73 Å². The smallest absolute Gasteiger partial charge is 0.0457 e. The lowest BCUT2D eigenvalue weighted by atomic mass is 10.1. The van der Waals surface area contributed by atoms with Crippen molar-refractivity contribution in [3.8, 4) is 0 Å². The van der Waals surface area contributed by atoms with Crippen molar-refractivity contribution < 1.29 is 0 Å². The van der Waals surface area contributed by atoms with E-state index in [2.05, 4.69) is 18.2 Å². The van der Waals surface area contributed by atoms with Crippen molar-refractivity contribution in [3.05, 3.63) is 16.6 Å². The molecular weight excluding hydrogens is 156 g/mol. The van der Waals surface area contributed by atoms with Gasteiger partial charge in [0.25, 0.3) is 0 Å². The van der Waals surface area contributed by atoms with Gasteiger partial charge in [-0.2, -0.15) is 0 Å². The molecule has 2 N–H and O–H groups in total. The minimum Gasteiger partial charge on any atom is -0.324 e. The van der Waals surface area contributed by atoms with E-state index in [1.165, 1.54) is 22.0 Å². The van der Waals surface area contributed by atoms with Crippen molar-refractivity contribution in [2.45, 2.75) is 32.7 Å². The van der Waals surface area contributed by atoms with Gasteiger partial charge < -0.3 is 5.73 Å². The highest BCUT2D eigenvalue weighted by Gasteiger charge is 2.08. The van der Waals surface area contributed by atoms with Crippen molar-refractivity contribution in [1.29, 1.82) is 0 Å². The fourth-order valence-corrected chi connectivity index (χ4v) is 1.76. The molecule has 0 aromatic carbocycles. The molecule has 1 aromatic heterocycles. The Labute approximate surface area is 71.6 Å². The molecule has 0 bridgehead atoms. The largest absolute Gasteiger partial charge is 0.324 e. The highest BCUT2D eigenvalue weighted by molar-refractivity contribution is 7.05. The SMILES string of the molecule is CCCC(N)c1cnsc1C. The number of nitrogens with two attached hydrogens (primary N) is 1. The minimum atomic E-state index is 0.193. The average molecular weight is 170 g/mol. The number of hydrogen-bond acceptors (Lipinski definition) is 3. The van der Waals surface area contributed by atoms with Crippen molar-refractivity contribution >= 4 is 11.5 Å². The third-order valence-corrected chi connectivity index (χ3v) is 2.51. The molecule has 0 aliphatic heterocycles. The Morgan fingerprint density at radius 1 is 1.73 bits per heavy atom. The second kappa shape index (κ2) is 3.83. The summed E-state index contributed by atoms with van der Waals surface area (Å²) in [4.78, 5) is 1.26. The van der Waals surface area contributed by atoms with Crippen LogP contribution in [0.5, 0.6) is 0 Å². The summed E-state index contributed by atoms with van der Waals surface area (Å²) in [5.74, 6) is 0. The Bertz CT molecular complexity index is 220. The van der Waals surface area contributed by atoms with E-state index in [0.29, 0.717) is 0 Å². The topological polar surface area (TPSA) is 38.9 Å². The Balaban J connectivity index is 2.67. The maximum Gasteiger partial charge on any atom is 0.0457 e. The quantitative estimate of drug-likeness (QED) is 0.755. The summed E-state index contributed by atoms with van der Waals surface area (Å²) in [5, 5.41) is 0. The van der Waals surface area contributed by atoms with Crippen LogP contribution >= 0.6 is 11.5 Å². The van der Waals surface area contributed by atoms with Crippen LogP contribution in [-0.2, 0) is 0 Å². The summed E-state index contributed by atoms with van der Waals surface area (Å²) >= 11 is 1.53. The van der Waals surface area contributed by atoms with Gasteiger partial charge in [0.1, 0.15) is 0 Å². The first-order valence-corrected chi connectivity index (χ1v) is 4.69. The molecule has 0 radical (unpaired) electrons. The van der Waals surface area contributed by atoms with Gasteiger partial charge in [-0.3, -0.25) is 0 Å². The van der Waals surface area contributed by atoms with Crippen LogP contribution in [0.1, 0.15) is 36.2 Å². The zero-order valence-corrected chi connectivity index (χ0v) is 7.82. The maximum absolute atomic E-state index is 5.92. The third kappa shape index (κ3) is 2.01. The van der Waals surface area contributed by atoms with Gasteiger partial charge in [-0.1, -0.05) is 13.3 Å². The predicted molar refractivity (Wildman–Crippen MR) is 48.7 cm³/mol. The van der Waals surface area contributed by atoms with Crippen LogP contribution in [0, 0.1) is 6.92 Å². The molecule has 1 rings (SSSR count). The Morgan fingerprint density at radius 2 is 2.45 bits per heavy atom. The van der Waals surface area contributed by atoms with Gasteiger partial charge >= 0.3 is 0 Å². The summed E-state index contributed by atoms with van der Waals surface area (Å²) in [6.07, 6.45) is 4.08. The first-order chi connectivity index (χ1) is 5.25. The molecule has 3 heteroatoms.